The van der Waals surface area contributed by atoms with Gasteiger partial charge in [0, 0.05) is 16.8 Å². The lowest BCUT2D eigenvalue weighted by atomic mass is 10.0. The van der Waals surface area contributed by atoms with E-state index in [1.54, 1.807) is 48.5 Å². The van der Waals surface area contributed by atoms with E-state index in [2.05, 4.69) is 0 Å². The van der Waals surface area contributed by atoms with Crippen LogP contribution >= 0.6 is 0 Å². The number of para-hydroxylation sites is 1. The summed E-state index contributed by atoms with van der Waals surface area (Å²) in [6, 6.07) is 18.0. The van der Waals surface area contributed by atoms with Crippen molar-refractivity contribution in [3.63, 3.8) is 0 Å². The van der Waals surface area contributed by atoms with Crippen molar-refractivity contribution in [2.24, 2.45) is 0 Å². The van der Waals surface area contributed by atoms with Crippen LogP contribution in [0, 0.1) is 11.6 Å². The maximum Gasteiger partial charge on any atom is 0.341 e. The van der Waals surface area contributed by atoms with E-state index in [0.717, 1.165) is 5.56 Å². The molecule has 5 heteroatoms. The number of nitrogen functional groups attached to an aromatic ring is 1. The Morgan fingerprint density at radius 2 is 1.52 bits per heavy atom. The molecule has 0 radical (unpaired) electrons. The van der Waals surface area contributed by atoms with Crippen LogP contribution in [-0.4, -0.2) is 5.97 Å². The van der Waals surface area contributed by atoms with E-state index in [9.17, 15) is 13.6 Å². The largest absolute Gasteiger partial charge is 0.457 e. The Morgan fingerprint density at radius 1 is 0.840 bits per heavy atom. The molecule has 25 heavy (non-hydrogen) atoms. The molecule has 3 nitrogen and oxygen atoms in total. The molecular weight excluding hydrogens is 324 g/mol. The fraction of sp³-hybridized carbons (Fsp3) is 0.0500. The second-order valence-electron chi connectivity index (χ2n) is 5.44. The van der Waals surface area contributed by atoms with Crippen LogP contribution in [0.5, 0.6) is 0 Å². The molecule has 0 atom stereocenters. The van der Waals surface area contributed by atoms with Gasteiger partial charge in [0.25, 0.3) is 0 Å². The normalized spacial score (nSPS) is 10.5. The van der Waals surface area contributed by atoms with Gasteiger partial charge in [0.15, 0.2) is 11.6 Å². The van der Waals surface area contributed by atoms with Crippen LogP contribution in [0.3, 0.4) is 0 Å². The SMILES string of the molecule is Nc1ccccc1-c1ccc(C(=O)OCc2ccccc2)c(F)c1F. The Labute approximate surface area is 143 Å². The van der Waals surface area contributed by atoms with Crippen LogP contribution in [0.1, 0.15) is 15.9 Å². The number of benzene rings is 3. The van der Waals surface area contributed by atoms with E-state index in [4.69, 9.17) is 10.5 Å². The molecule has 0 aromatic heterocycles. The topological polar surface area (TPSA) is 52.3 Å². The molecule has 0 aliphatic heterocycles. The van der Waals surface area contributed by atoms with Crippen LogP contribution in [0.2, 0.25) is 0 Å². The third-order valence-corrected chi connectivity index (χ3v) is 3.77. The van der Waals surface area contributed by atoms with Gasteiger partial charge in [0.2, 0.25) is 0 Å². The number of anilines is 1. The summed E-state index contributed by atoms with van der Waals surface area (Å²) in [4.78, 5) is 12.1. The fourth-order valence-corrected chi connectivity index (χ4v) is 2.46. The van der Waals surface area contributed by atoms with Gasteiger partial charge in [-0.2, -0.15) is 0 Å². The lowest BCUT2D eigenvalue weighted by Crippen LogP contribution is -2.09. The van der Waals surface area contributed by atoms with Crippen LogP contribution < -0.4 is 5.73 Å². The summed E-state index contributed by atoms with van der Waals surface area (Å²) in [7, 11) is 0. The number of ether oxygens (including phenoxy) is 1. The first-order chi connectivity index (χ1) is 12.1. The Morgan fingerprint density at radius 3 is 2.24 bits per heavy atom. The van der Waals surface area contributed by atoms with Gasteiger partial charge in [-0.3, -0.25) is 0 Å². The number of hydrogen-bond acceptors (Lipinski definition) is 3. The first-order valence-corrected chi connectivity index (χ1v) is 7.62. The van der Waals surface area contributed by atoms with Crippen molar-refractivity contribution in [1.29, 1.82) is 0 Å². The highest BCUT2D eigenvalue weighted by molar-refractivity contribution is 5.91. The number of carbonyl (C=O) groups is 1. The van der Waals surface area contributed by atoms with Gasteiger partial charge in [0.05, 0.1) is 5.56 Å². The number of esters is 1. The zero-order valence-corrected chi connectivity index (χ0v) is 13.2. The van der Waals surface area contributed by atoms with Crippen LogP contribution in [0.15, 0.2) is 66.7 Å². The molecule has 0 unspecified atom stereocenters. The summed E-state index contributed by atoms with van der Waals surface area (Å²) < 4.78 is 33.8. The van der Waals surface area contributed by atoms with Crippen molar-refractivity contribution in [2.45, 2.75) is 6.61 Å². The summed E-state index contributed by atoms with van der Waals surface area (Å²) in [5.41, 5.74) is 6.78. The van der Waals surface area contributed by atoms with Gasteiger partial charge in [-0.1, -0.05) is 54.6 Å². The van der Waals surface area contributed by atoms with Crippen molar-refractivity contribution in [2.75, 3.05) is 5.73 Å². The van der Waals surface area contributed by atoms with E-state index < -0.39 is 23.2 Å². The average molecular weight is 339 g/mol. The van der Waals surface area contributed by atoms with Gasteiger partial charge < -0.3 is 10.5 Å². The first kappa shape index (κ1) is 16.6. The number of hydrogen-bond donors (Lipinski definition) is 1. The highest BCUT2D eigenvalue weighted by Gasteiger charge is 2.21. The molecule has 0 aliphatic carbocycles. The summed E-state index contributed by atoms with van der Waals surface area (Å²) in [5.74, 6) is -3.31. The molecule has 3 aromatic carbocycles. The molecule has 0 fully saturated rings. The van der Waals surface area contributed by atoms with E-state index in [0.29, 0.717) is 11.3 Å². The first-order valence-electron chi connectivity index (χ1n) is 7.62. The molecule has 0 bridgehead atoms. The molecule has 0 saturated heterocycles. The average Bonchev–Trinajstić information content (AvgIpc) is 2.63. The van der Waals surface area contributed by atoms with E-state index in [-0.39, 0.29) is 12.2 Å². The number of halogens is 2. The maximum absolute atomic E-state index is 14.4. The van der Waals surface area contributed by atoms with Crippen molar-refractivity contribution >= 4 is 11.7 Å². The Hall–Kier alpha value is -3.21. The van der Waals surface area contributed by atoms with Gasteiger partial charge >= 0.3 is 5.97 Å². The molecule has 0 aliphatic rings. The smallest absolute Gasteiger partial charge is 0.341 e. The monoisotopic (exact) mass is 339 g/mol. The van der Waals surface area contributed by atoms with E-state index in [1.165, 1.54) is 12.1 Å². The third kappa shape index (κ3) is 3.50. The summed E-state index contributed by atoms with van der Waals surface area (Å²) in [5, 5.41) is 0. The van der Waals surface area contributed by atoms with Gasteiger partial charge in [-0.25, -0.2) is 13.6 Å². The summed E-state index contributed by atoms with van der Waals surface area (Å²) in [6.07, 6.45) is 0. The van der Waals surface area contributed by atoms with Gasteiger partial charge in [-0.15, -0.1) is 0 Å². The van der Waals surface area contributed by atoms with Crippen molar-refractivity contribution in [1.82, 2.24) is 0 Å². The maximum atomic E-state index is 14.4. The lowest BCUT2D eigenvalue weighted by molar-refractivity contribution is 0.0466. The molecule has 0 heterocycles. The highest BCUT2D eigenvalue weighted by atomic mass is 19.2. The van der Waals surface area contributed by atoms with E-state index >= 15 is 0 Å². The second kappa shape index (κ2) is 7.13. The quantitative estimate of drug-likeness (QED) is 0.559. The molecule has 126 valence electrons. The molecular formula is C20H15F2NO2. The minimum atomic E-state index is -1.25. The third-order valence-electron chi connectivity index (χ3n) is 3.77. The zero-order valence-electron chi connectivity index (χ0n) is 13.2. The van der Waals surface area contributed by atoms with Crippen LogP contribution in [0.4, 0.5) is 14.5 Å². The second-order valence-corrected chi connectivity index (χ2v) is 5.44. The number of rotatable bonds is 4. The number of carbonyl (C=O) groups excluding carboxylic acids is 1. The minimum Gasteiger partial charge on any atom is -0.457 e. The molecule has 0 saturated carbocycles. The predicted octanol–water partition coefficient (Wildman–Crippen LogP) is 4.57. The van der Waals surface area contributed by atoms with Crippen LogP contribution in [-0.2, 0) is 11.3 Å². The predicted molar refractivity (Wildman–Crippen MR) is 91.8 cm³/mol. The summed E-state index contributed by atoms with van der Waals surface area (Å²) in [6.45, 7) is -0.0197. The highest BCUT2D eigenvalue weighted by Crippen LogP contribution is 2.30. The Balaban J connectivity index is 1.85. The van der Waals surface area contributed by atoms with Crippen LogP contribution in [0.25, 0.3) is 11.1 Å². The van der Waals surface area contributed by atoms with Crippen molar-refractivity contribution < 1.29 is 18.3 Å². The molecule has 2 N–H and O–H groups in total. The van der Waals surface area contributed by atoms with Crippen molar-refractivity contribution in [3.8, 4) is 11.1 Å². The standard InChI is InChI=1S/C20H15F2NO2/c21-18-15(14-8-4-5-9-17(14)23)10-11-16(19(18)22)20(24)25-12-13-6-2-1-3-7-13/h1-11H,12,23H2. The van der Waals surface area contributed by atoms with Gasteiger partial charge in [0.1, 0.15) is 6.61 Å². The zero-order chi connectivity index (χ0) is 17.8. The number of nitrogens with two attached hydrogens (primary N) is 1. The van der Waals surface area contributed by atoms with Crippen molar-refractivity contribution in [3.05, 3.63) is 89.5 Å². The minimum absolute atomic E-state index is 0.00444. The fourth-order valence-electron chi connectivity index (χ4n) is 2.46. The summed E-state index contributed by atoms with van der Waals surface area (Å²) >= 11 is 0. The molecule has 3 rings (SSSR count). The Kier molecular flexibility index (Phi) is 4.75. The molecule has 0 spiro atoms. The van der Waals surface area contributed by atoms with E-state index in [1.807, 2.05) is 6.07 Å². The lowest BCUT2D eigenvalue weighted by Gasteiger charge is -2.10. The molecule has 0 amide bonds. The molecule has 3 aromatic rings. The Bertz CT molecular complexity index is 911. The van der Waals surface area contributed by atoms with Gasteiger partial charge in [-0.05, 0) is 17.7 Å².